The van der Waals surface area contributed by atoms with Crippen molar-refractivity contribution in [2.75, 3.05) is 0 Å². The highest BCUT2D eigenvalue weighted by Gasteiger charge is 2.02. The lowest BCUT2D eigenvalue weighted by atomic mass is 10.2. The lowest BCUT2D eigenvalue weighted by Gasteiger charge is -1.96. The van der Waals surface area contributed by atoms with E-state index in [2.05, 4.69) is 5.73 Å². The Labute approximate surface area is 59.7 Å². The summed E-state index contributed by atoms with van der Waals surface area (Å²) in [5, 5.41) is 18.5. The molecule has 0 amide bonds. The Morgan fingerprint density at radius 3 is 2.50 bits per heavy atom. The van der Waals surface area contributed by atoms with Gasteiger partial charge in [-0.25, -0.2) is 0 Å². The van der Waals surface area contributed by atoms with Crippen molar-refractivity contribution in [1.29, 1.82) is 0 Å². The first-order chi connectivity index (χ1) is 4.63. The van der Waals surface area contributed by atoms with Gasteiger partial charge in [-0.15, -0.1) is 0 Å². The van der Waals surface area contributed by atoms with Crippen LogP contribution < -0.4 is 5.73 Å². The largest absolute Gasteiger partial charge is 0.481 e. The molecule has 0 aliphatic rings. The zero-order valence-electron chi connectivity index (χ0n) is 5.88. The Morgan fingerprint density at radius 1 is 1.50 bits per heavy atom. The molecule has 1 unspecified atom stereocenters. The zero-order chi connectivity index (χ0) is 7.98. The average molecular weight is 147 g/mol. The number of carboxylic acids is 1. The molecule has 59 valence electrons. The number of hydrogen-bond acceptors (Lipinski definition) is 1. The summed E-state index contributed by atoms with van der Waals surface area (Å²) < 4.78 is 0. The van der Waals surface area contributed by atoms with Crippen LogP contribution in [0.2, 0.25) is 0 Å². The van der Waals surface area contributed by atoms with Crippen LogP contribution in [0, 0.1) is 0 Å². The van der Waals surface area contributed by atoms with Crippen molar-refractivity contribution in [3.05, 3.63) is 0 Å². The summed E-state index contributed by atoms with van der Waals surface area (Å²) in [4.78, 5) is 9.95. The van der Waals surface area contributed by atoms with Gasteiger partial charge in [0, 0.05) is 12.8 Å². The Balaban J connectivity index is 2.98. The number of carbonyl (C=O) groups is 1. The molecule has 0 rings (SSSR count). The smallest absolute Gasteiger partial charge is 0.303 e. The second-order valence-electron chi connectivity index (χ2n) is 2.26. The van der Waals surface area contributed by atoms with Gasteiger partial charge in [0.25, 0.3) is 0 Å². The maximum absolute atomic E-state index is 10.3. The monoisotopic (exact) mass is 147 g/mol. The van der Waals surface area contributed by atoms with Gasteiger partial charge >= 0.3 is 5.97 Å². The molecule has 1 radical (unpaired) electrons. The van der Waals surface area contributed by atoms with Gasteiger partial charge in [-0.3, -0.25) is 4.79 Å². The van der Waals surface area contributed by atoms with Gasteiger partial charge in [0.2, 0.25) is 6.23 Å². The van der Waals surface area contributed by atoms with Crippen LogP contribution >= 0.6 is 0 Å². The van der Waals surface area contributed by atoms with E-state index >= 15 is 0 Å². The fraction of sp³-hybridized carbons (Fsp3) is 0.833. The van der Waals surface area contributed by atoms with E-state index in [1.54, 1.807) is 0 Å². The molecule has 0 aromatic heterocycles. The molecule has 0 heterocycles. The van der Waals surface area contributed by atoms with Gasteiger partial charge in [0.05, 0.1) is 0 Å². The molecule has 4 nitrogen and oxygen atoms in total. The number of aliphatic carboxylic acids is 1. The normalized spacial score (nSPS) is 13.0. The molecule has 1 atom stereocenters. The van der Waals surface area contributed by atoms with Crippen molar-refractivity contribution in [2.45, 2.75) is 31.9 Å². The molecule has 0 fully saturated rings. The van der Waals surface area contributed by atoms with E-state index in [9.17, 15) is 9.90 Å². The SMILES string of the molecule is [NH3+]C([O])CCCCC(=O)O. The summed E-state index contributed by atoms with van der Waals surface area (Å²) >= 11 is 0. The topological polar surface area (TPSA) is 84.8 Å². The van der Waals surface area contributed by atoms with E-state index in [4.69, 9.17) is 5.11 Å². The van der Waals surface area contributed by atoms with Crippen LogP contribution in [0.3, 0.4) is 0 Å². The predicted molar refractivity (Wildman–Crippen MR) is 33.5 cm³/mol. The Bertz CT molecular complexity index is 103. The molecule has 0 aromatic carbocycles. The van der Waals surface area contributed by atoms with Crippen molar-refractivity contribution < 1.29 is 20.7 Å². The molecule has 0 aromatic rings. The molecule has 0 aliphatic carbocycles. The van der Waals surface area contributed by atoms with Gasteiger partial charge in [0.1, 0.15) is 0 Å². The summed E-state index contributed by atoms with van der Waals surface area (Å²) in [5.41, 5.74) is 3.25. The van der Waals surface area contributed by atoms with Gasteiger partial charge < -0.3 is 10.8 Å². The predicted octanol–water partition coefficient (Wildman–Crippen LogP) is -0.370. The third-order valence-electron chi connectivity index (χ3n) is 1.17. The molecular formula is C6H13NO3+. The van der Waals surface area contributed by atoms with Crippen molar-refractivity contribution in [2.24, 2.45) is 0 Å². The summed E-state index contributed by atoms with van der Waals surface area (Å²) in [5.74, 6) is -0.800. The third-order valence-corrected chi connectivity index (χ3v) is 1.17. The molecular weight excluding hydrogens is 134 g/mol. The maximum Gasteiger partial charge on any atom is 0.303 e. The second kappa shape index (κ2) is 5.20. The van der Waals surface area contributed by atoms with Crippen LogP contribution in [0.25, 0.3) is 0 Å². The van der Waals surface area contributed by atoms with E-state index < -0.39 is 12.2 Å². The van der Waals surface area contributed by atoms with Gasteiger partial charge in [0.15, 0.2) is 0 Å². The quantitative estimate of drug-likeness (QED) is 0.410. The minimum atomic E-state index is -0.800. The fourth-order valence-electron chi connectivity index (χ4n) is 0.648. The van der Waals surface area contributed by atoms with Crippen LogP contribution in [0.1, 0.15) is 25.7 Å². The molecule has 0 bridgehead atoms. The van der Waals surface area contributed by atoms with E-state index in [-0.39, 0.29) is 6.42 Å². The second-order valence-corrected chi connectivity index (χ2v) is 2.26. The first kappa shape index (κ1) is 9.39. The molecule has 0 aliphatic heterocycles. The van der Waals surface area contributed by atoms with Crippen molar-refractivity contribution in [3.8, 4) is 0 Å². The minimum Gasteiger partial charge on any atom is -0.481 e. The fourth-order valence-corrected chi connectivity index (χ4v) is 0.648. The highest BCUT2D eigenvalue weighted by molar-refractivity contribution is 5.66. The van der Waals surface area contributed by atoms with Crippen LogP contribution in [-0.2, 0) is 9.90 Å². The van der Waals surface area contributed by atoms with Crippen molar-refractivity contribution in [3.63, 3.8) is 0 Å². The molecule has 0 saturated heterocycles. The molecule has 0 spiro atoms. The van der Waals surface area contributed by atoms with Crippen molar-refractivity contribution >= 4 is 5.97 Å². The molecule has 10 heavy (non-hydrogen) atoms. The van der Waals surface area contributed by atoms with Gasteiger partial charge in [-0.2, -0.15) is 5.11 Å². The van der Waals surface area contributed by atoms with Crippen molar-refractivity contribution in [1.82, 2.24) is 0 Å². The number of carboxylic acid groups (broad SMARTS) is 1. The van der Waals surface area contributed by atoms with Crippen LogP contribution in [0.5, 0.6) is 0 Å². The van der Waals surface area contributed by atoms with Gasteiger partial charge in [-0.1, -0.05) is 0 Å². The number of unbranched alkanes of at least 4 members (excludes halogenated alkanes) is 1. The third kappa shape index (κ3) is 7.39. The van der Waals surface area contributed by atoms with Crippen LogP contribution in [-0.4, -0.2) is 17.3 Å². The summed E-state index contributed by atoms with van der Waals surface area (Å²) in [6.07, 6.45) is 1.10. The number of hydrogen-bond donors (Lipinski definition) is 2. The Kier molecular flexibility index (Phi) is 4.88. The van der Waals surface area contributed by atoms with Gasteiger partial charge in [-0.05, 0) is 12.8 Å². The van der Waals surface area contributed by atoms with E-state index in [1.165, 1.54) is 0 Å². The first-order valence-corrected chi connectivity index (χ1v) is 3.33. The average Bonchev–Trinajstić information content (AvgIpc) is 1.79. The minimum absolute atomic E-state index is 0.159. The number of rotatable bonds is 5. The lowest BCUT2D eigenvalue weighted by Crippen LogP contribution is -2.59. The highest BCUT2D eigenvalue weighted by atomic mass is 16.4. The van der Waals surface area contributed by atoms with Crippen LogP contribution in [0.15, 0.2) is 0 Å². The maximum atomic E-state index is 10.3. The summed E-state index contributed by atoms with van der Waals surface area (Å²) in [6, 6.07) is 0. The van der Waals surface area contributed by atoms with E-state index in [0.29, 0.717) is 19.3 Å². The van der Waals surface area contributed by atoms with Crippen LogP contribution in [0.4, 0.5) is 0 Å². The first-order valence-electron chi connectivity index (χ1n) is 3.33. The molecule has 4 heteroatoms. The van der Waals surface area contributed by atoms with E-state index in [0.717, 1.165) is 0 Å². The zero-order valence-corrected chi connectivity index (χ0v) is 5.88. The standard InChI is InChI=1S/C6H12NO3/c7-5(8)3-1-2-4-6(9)10/h5H,1-4,7H2,(H,9,10)/p+1. The van der Waals surface area contributed by atoms with E-state index in [1.807, 2.05) is 0 Å². The highest BCUT2D eigenvalue weighted by Crippen LogP contribution is 1.99. The lowest BCUT2D eigenvalue weighted by molar-refractivity contribution is -0.498. The molecule has 0 saturated carbocycles. The summed E-state index contributed by atoms with van der Waals surface area (Å²) in [7, 11) is 0. The summed E-state index contributed by atoms with van der Waals surface area (Å²) in [6.45, 7) is 0. The Morgan fingerprint density at radius 2 is 2.10 bits per heavy atom. The Hall–Kier alpha value is -0.610. The number of quaternary nitrogens is 1. The molecule has 4 N–H and O–H groups in total.